The van der Waals surface area contributed by atoms with E-state index in [1.165, 1.54) is 5.56 Å². The molecule has 0 saturated carbocycles. The van der Waals surface area contributed by atoms with Crippen LogP contribution >= 0.6 is 0 Å². The van der Waals surface area contributed by atoms with Gasteiger partial charge in [0.1, 0.15) is 0 Å². The fourth-order valence-electron chi connectivity index (χ4n) is 3.81. The average molecular weight is 406 g/mol. The first kappa shape index (κ1) is 21.1. The van der Waals surface area contributed by atoms with E-state index in [1.807, 2.05) is 12.1 Å². The lowest BCUT2D eigenvalue weighted by Gasteiger charge is -2.29. The summed E-state index contributed by atoms with van der Waals surface area (Å²) in [6.07, 6.45) is 5.79. The Bertz CT molecular complexity index is 815. The van der Waals surface area contributed by atoms with E-state index in [0.717, 1.165) is 18.4 Å². The molecule has 28 heavy (non-hydrogen) atoms. The van der Waals surface area contributed by atoms with Gasteiger partial charge in [-0.05, 0) is 41.9 Å². The molecule has 2 aliphatic rings. The van der Waals surface area contributed by atoms with Crippen LogP contribution in [0.5, 0.6) is 0 Å². The zero-order chi connectivity index (χ0) is 20.4. The maximum Gasteiger partial charge on any atom is 0.246 e. The lowest BCUT2D eigenvalue weighted by molar-refractivity contribution is -0.129. The van der Waals surface area contributed by atoms with E-state index in [4.69, 9.17) is 4.74 Å². The Labute approximate surface area is 168 Å². The van der Waals surface area contributed by atoms with Crippen molar-refractivity contribution in [2.45, 2.75) is 57.6 Å². The molecule has 154 valence electrons. The SMILES string of the molecule is CC(C)(C)c1ccc(/C=C/C(=O)N(CC2CCCO2)C2CCS(=O)(=O)C2)cc1. The largest absolute Gasteiger partial charge is 0.376 e. The number of rotatable bonds is 5. The van der Waals surface area contributed by atoms with Crippen LogP contribution in [-0.2, 0) is 24.8 Å². The van der Waals surface area contributed by atoms with Crippen LogP contribution < -0.4 is 0 Å². The van der Waals surface area contributed by atoms with Gasteiger partial charge in [0.2, 0.25) is 5.91 Å². The molecule has 0 bridgehead atoms. The van der Waals surface area contributed by atoms with Gasteiger partial charge in [-0.1, -0.05) is 45.0 Å². The number of carbonyl (C=O) groups is 1. The molecule has 2 saturated heterocycles. The second-order valence-corrected chi connectivity index (χ2v) is 11.1. The van der Waals surface area contributed by atoms with Gasteiger partial charge in [-0.3, -0.25) is 4.79 Å². The summed E-state index contributed by atoms with van der Waals surface area (Å²) in [5, 5.41) is 0. The van der Waals surface area contributed by atoms with Crippen LogP contribution in [0.2, 0.25) is 0 Å². The zero-order valence-corrected chi connectivity index (χ0v) is 17.9. The maximum atomic E-state index is 12.9. The Balaban J connectivity index is 1.72. The van der Waals surface area contributed by atoms with Gasteiger partial charge in [-0.25, -0.2) is 8.42 Å². The Morgan fingerprint density at radius 3 is 2.46 bits per heavy atom. The fourth-order valence-corrected chi connectivity index (χ4v) is 5.54. The first-order valence-corrected chi connectivity index (χ1v) is 11.9. The number of benzene rings is 1. The van der Waals surface area contributed by atoms with Crippen LogP contribution in [0.15, 0.2) is 30.3 Å². The van der Waals surface area contributed by atoms with Crippen LogP contribution in [0.3, 0.4) is 0 Å². The monoisotopic (exact) mass is 405 g/mol. The standard InChI is InChI=1S/C22H31NO4S/c1-22(2,3)18-9-6-17(7-10-18)8-11-21(24)23(15-20-5-4-13-27-20)19-12-14-28(25,26)16-19/h6-11,19-20H,4-5,12-16H2,1-3H3/b11-8+. The van der Waals surface area contributed by atoms with Crippen molar-refractivity contribution in [3.05, 3.63) is 41.5 Å². The topological polar surface area (TPSA) is 63.7 Å². The number of sulfone groups is 1. The predicted octanol–water partition coefficient (Wildman–Crippen LogP) is 3.19. The number of nitrogens with zero attached hydrogens (tertiary/aromatic N) is 1. The third kappa shape index (κ3) is 5.45. The molecule has 2 atom stereocenters. The molecule has 2 heterocycles. The maximum absolute atomic E-state index is 12.9. The molecule has 0 spiro atoms. The van der Waals surface area contributed by atoms with E-state index in [9.17, 15) is 13.2 Å². The Hall–Kier alpha value is -1.66. The van der Waals surface area contributed by atoms with Crippen LogP contribution in [0.1, 0.15) is 51.2 Å². The van der Waals surface area contributed by atoms with Gasteiger partial charge in [-0.15, -0.1) is 0 Å². The lowest BCUT2D eigenvalue weighted by Crippen LogP contribution is -2.44. The molecule has 0 N–H and O–H groups in total. The summed E-state index contributed by atoms with van der Waals surface area (Å²) in [5.74, 6) is 0.0716. The van der Waals surface area contributed by atoms with Crippen molar-refractivity contribution in [2.75, 3.05) is 24.7 Å². The van der Waals surface area contributed by atoms with E-state index in [2.05, 4.69) is 32.9 Å². The van der Waals surface area contributed by atoms with E-state index in [-0.39, 0.29) is 35.0 Å². The summed E-state index contributed by atoms with van der Waals surface area (Å²) in [6, 6.07) is 7.92. The molecule has 0 aliphatic carbocycles. The summed E-state index contributed by atoms with van der Waals surface area (Å²) in [6.45, 7) is 7.68. The van der Waals surface area contributed by atoms with E-state index in [0.29, 0.717) is 19.6 Å². The number of ether oxygens (including phenoxy) is 1. The highest BCUT2D eigenvalue weighted by Crippen LogP contribution is 2.24. The summed E-state index contributed by atoms with van der Waals surface area (Å²) < 4.78 is 29.5. The summed E-state index contributed by atoms with van der Waals surface area (Å²) in [4.78, 5) is 14.6. The van der Waals surface area contributed by atoms with Gasteiger partial charge in [0.05, 0.1) is 17.6 Å². The third-order valence-electron chi connectivity index (χ3n) is 5.55. The number of hydrogen-bond donors (Lipinski definition) is 0. The molecule has 6 heteroatoms. The number of carbonyl (C=O) groups excluding carboxylic acids is 1. The van der Waals surface area contributed by atoms with Crippen LogP contribution in [0, 0.1) is 0 Å². The van der Waals surface area contributed by atoms with E-state index in [1.54, 1.807) is 17.1 Å². The molecule has 2 fully saturated rings. The minimum absolute atomic E-state index is 0.00623. The smallest absolute Gasteiger partial charge is 0.246 e. The van der Waals surface area contributed by atoms with Gasteiger partial charge in [0.25, 0.3) is 0 Å². The van der Waals surface area contributed by atoms with Crippen molar-refractivity contribution >= 4 is 21.8 Å². The van der Waals surface area contributed by atoms with Crippen molar-refractivity contribution in [3.8, 4) is 0 Å². The molecular weight excluding hydrogens is 374 g/mol. The Morgan fingerprint density at radius 2 is 1.93 bits per heavy atom. The van der Waals surface area contributed by atoms with Gasteiger partial charge >= 0.3 is 0 Å². The Kier molecular flexibility index (Phi) is 6.30. The second kappa shape index (κ2) is 8.37. The van der Waals surface area contributed by atoms with Gasteiger partial charge in [0.15, 0.2) is 9.84 Å². The van der Waals surface area contributed by atoms with Crippen molar-refractivity contribution in [1.82, 2.24) is 4.90 Å². The van der Waals surface area contributed by atoms with Crippen LogP contribution in [0.25, 0.3) is 6.08 Å². The highest BCUT2D eigenvalue weighted by Gasteiger charge is 2.35. The van der Waals surface area contributed by atoms with Crippen molar-refractivity contribution in [3.63, 3.8) is 0 Å². The van der Waals surface area contributed by atoms with Gasteiger partial charge in [0, 0.05) is 25.3 Å². The zero-order valence-electron chi connectivity index (χ0n) is 17.1. The molecule has 3 rings (SSSR count). The highest BCUT2D eigenvalue weighted by molar-refractivity contribution is 7.91. The molecule has 0 aromatic heterocycles. The number of hydrogen-bond acceptors (Lipinski definition) is 4. The molecule has 1 aromatic carbocycles. The first-order valence-electron chi connectivity index (χ1n) is 10.1. The number of amides is 1. The summed E-state index contributed by atoms with van der Waals surface area (Å²) in [7, 11) is -3.05. The van der Waals surface area contributed by atoms with Crippen LogP contribution in [0.4, 0.5) is 0 Å². The van der Waals surface area contributed by atoms with Crippen molar-refractivity contribution in [2.24, 2.45) is 0 Å². The van der Waals surface area contributed by atoms with Crippen molar-refractivity contribution < 1.29 is 17.9 Å². The van der Waals surface area contributed by atoms with Crippen LogP contribution in [-0.4, -0.2) is 56.0 Å². The third-order valence-corrected chi connectivity index (χ3v) is 7.30. The minimum Gasteiger partial charge on any atom is -0.376 e. The molecule has 5 nitrogen and oxygen atoms in total. The lowest BCUT2D eigenvalue weighted by atomic mass is 9.87. The molecule has 1 amide bonds. The average Bonchev–Trinajstić information content (AvgIpc) is 3.26. The molecule has 1 aromatic rings. The van der Waals surface area contributed by atoms with Crippen molar-refractivity contribution in [1.29, 1.82) is 0 Å². The first-order chi connectivity index (χ1) is 13.1. The normalized spacial score (nSPS) is 24.7. The van der Waals surface area contributed by atoms with E-state index >= 15 is 0 Å². The predicted molar refractivity (Wildman–Crippen MR) is 112 cm³/mol. The van der Waals surface area contributed by atoms with E-state index < -0.39 is 9.84 Å². The molecular formula is C22H31NO4S. The Morgan fingerprint density at radius 1 is 1.21 bits per heavy atom. The molecule has 2 aliphatic heterocycles. The highest BCUT2D eigenvalue weighted by atomic mass is 32.2. The fraction of sp³-hybridized carbons (Fsp3) is 0.591. The van der Waals surface area contributed by atoms with Gasteiger partial charge in [-0.2, -0.15) is 0 Å². The molecule has 2 unspecified atom stereocenters. The summed E-state index contributed by atoms with van der Waals surface area (Å²) >= 11 is 0. The summed E-state index contributed by atoms with van der Waals surface area (Å²) in [5.41, 5.74) is 2.29. The molecule has 0 radical (unpaired) electrons. The minimum atomic E-state index is -3.05. The second-order valence-electron chi connectivity index (χ2n) is 8.89. The van der Waals surface area contributed by atoms with Gasteiger partial charge < -0.3 is 9.64 Å². The quantitative estimate of drug-likeness (QED) is 0.706.